The summed E-state index contributed by atoms with van der Waals surface area (Å²) in [5, 5.41) is 4.58. The summed E-state index contributed by atoms with van der Waals surface area (Å²) in [5.74, 6) is 0.00240. The molecule has 337 valence electrons. The molecule has 0 spiro atoms. The number of nitrogen functional groups attached to an aromatic ring is 1. The van der Waals surface area contributed by atoms with Gasteiger partial charge in [0.25, 0.3) is 5.91 Å². The maximum Gasteiger partial charge on any atom is 0.264 e. The fourth-order valence-corrected chi connectivity index (χ4v) is 8.55. The fourth-order valence-electron chi connectivity index (χ4n) is 8.55. The van der Waals surface area contributed by atoms with Crippen LogP contribution in [0, 0.1) is 28.2 Å². The van der Waals surface area contributed by atoms with Crippen LogP contribution in [0.1, 0.15) is 59.9 Å². The smallest absolute Gasteiger partial charge is 0.264 e. The Bertz CT molecular complexity index is 2620. The zero-order valence-corrected chi connectivity index (χ0v) is 39.2. The fraction of sp³-hybridized carbons (Fsp3) is 0.275. The van der Waals surface area contributed by atoms with Crippen molar-refractivity contribution in [3.05, 3.63) is 173 Å². The first kappa shape index (κ1) is 44.8. The van der Waals surface area contributed by atoms with Crippen molar-refractivity contribution in [3.8, 4) is 11.3 Å². The third-order valence-corrected chi connectivity index (χ3v) is 12.6. The second-order valence-electron chi connectivity index (χ2n) is 16.4. The molecule has 12 heteroatoms. The molecule has 2 aliphatic rings. The molecule has 8 rings (SSSR count). The molecule has 4 heterocycles. The summed E-state index contributed by atoms with van der Waals surface area (Å²) in [6.45, 7) is 13.1. The van der Waals surface area contributed by atoms with E-state index in [1.807, 2.05) is 127 Å². The van der Waals surface area contributed by atoms with Gasteiger partial charge in [0.2, 0.25) is 5.91 Å². The van der Waals surface area contributed by atoms with E-state index < -0.39 is 0 Å². The van der Waals surface area contributed by atoms with Gasteiger partial charge in [-0.1, -0.05) is 36.4 Å². The van der Waals surface area contributed by atoms with E-state index in [0.717, 1.165) is 76.8 Å². The molecule has 1 radical (unpaired) electrons. The van der Waals surface area contributed by atoms with Crippen LogP contribution in [-0.2, 0) is 44.8 Å². The Labute approximate surface area is 366 Å². The second-order valence-corrected chi connectivity index (χ2v) is 16.4. The van der Waals surface area contributed by atoms with Crippen molar-refractivity contribution >= 4 is 40.6 Å². The average molecular weight is 1090 g/mol. The van der Waals surface area contributed by atoms with Crippen LogP contribution in [0.3, 0.4) is 0 Å². The number of rotatable bonds is 10. The number of benzene rings is 4. The summed E-state index contributed by atoms with van der Waals surface area (Å²) in [5.41, 5.74) is 17.5. The summed E-state index contributed by atoms with van der Waals surface area (Å²) in [6, 6.07) is 33.2. The zero-order chi connectivity index (χ0) is 42.9. The monoisotopic (exact) mass is 1090 g/mol. The number of piperazine rings is 1. The Morgan fingerprint density at radius 3 is 2.17 bits per heavy atom. The van der Waals surface area contributed by atoms with E-state index in [2.05, 4.69) is 47.3 Å². The van der Waals surface area contributed by atoms with Crippen LogP contribution < -0.4 is 15.5 Å². The van der Waals surface area contributed by atoms with Gasteiger partial charge in [-0.2, -0.15) is 30.7 Å². The largest absolute Gasteiger partial charge is 0.655 e. The summed E-state index contributed by atoms with van der Waals surface area (Å²) >= 11 is 0. The quantitative estimate of drug-likeness (QED) is 0.138. The number of amides is 3. The Morgan fingerprint density at radius 1 is 0.762 bits per heavy atom. The predicted octanol–water partition coefficient (Wildman–Crippen LogP) is 8.43. The number of nitrogens with two attached hydrogens (primary N) is 1. The first-order valence-corrected chi connectivity index (χ1v) is 20.9. The number of nitrogens with zero attached hydrogens (tertiary/aromatic N) is 7. The van der Waals surface area contributed by atoms with Crippen LogP contribution in [0.2, 0.25) is 0 Å². The van der Waals surface area contributed by atoms with Gasteiger partial charge in [0, 0.05) is 99.0 Å². The van der Waals surface area contributed by atoms with Crippen molar-refractivity contribution in [2.75, 3.05) is 55.3 Å². The van der Waals surface area contributed by atoms with E-state index in [9.17, 15) is 14.4 Å². The molecule has 0 unspecified atom stereocenters. The first-order chi connectivity index (χ1) is 29.4. The Kier molecular flexibility index (Phi) is 13.2. The normalized spacial score (nSPS) is 13.7. The van der Waals surface area contributed by atoms with Gasteiger partial charge in [0.05, 0.1) is 23.6 Å². The third kappa shape index (κ3) is 8.88. The van der Waals surface area contributed by atoms with Crippen LogP contribution in [0.5, 0.6) is 0 Å². The van der Waals surface area contributed by atoms with Gasteiger partial charge in [0.15, 0.2) is 0 Å². The summed E-state index contributed by atoms with van der Waals surface area (Å²) in [7, 11) is 5.95. The van der Waals surface area contributed by atoms with Crippen LogP contribution in [0.15, 0.2) is 103 Å². The number of carbonyl (C=O) groups is 3. The summed E-state index contributed by atoms with van der Waals surface area (Å²) in [6.07, 6.45) is 0.927. The van der Waals surface area contributed by atoms with E-state index in [1.165, 1.54) is 0 Å². The molecular weight excluding hydrogens is 1030 g/mol. The molecule has 6 aromatic rings. The number of carbonyl (C=O) groups excluding carboxylic acids is 3. The van der Waals surface area contributed by atoms with Crippen molar-refractivity contribution in [2.24, 2.45) is 14.1 Å². The Morgan fingerprint density at radius 2 is 1.48 bits per heavy atom. The van der Waals surface area contributed by atoms with Gasteiger partial charge in [-0.25, -0.2) is 0 Å². The van der Waals surface area contributed by atoms with Crippen molar-refractivity contribution in [1.82, 2.24) is 18.9 Å². The van der Waals surface area contributed by atoms with E-state index in [-0.39, 0.29) is 31.7 Å². The molecule has 4 aromatic carbocycles. The number of hydrogen-bond donors (Lipinski definition) is 1. The predicted molar refractivity (Wildman–Crippen MR) is 251 cm³/mol. The van der Waals surface area contributed by atoms with E-state index >= 15 is 0 Å². The van der Waals surface area contributed by atoms with Crippen LogP contribution >= 0.6 is 0 Å². The molecular formula is C51H57LrN8O3-3. The SMILES string of the molecule is [CH2-]c1ccccc1C[N-]C(=O)c1cc2c(cc1-c1cc(C(=O)N(c3ccccc3)c3cc(N)n(C)c3C)c(C)n1C)CCN(C(=O)Cc1cccc(N3CCN(C)CC3)c1)C2.[CH3-].[Lr]. The minimum Gasteiger partial charge on any atom is -0.655 e. The minimum absolute atomic E-state index is 0. The number of hydrogen-bond acceptors (Lipinski definition) is 6. The van der Waals surface area contributed by atoms with Crippen molar-refractivity contribution in [1.29, 1.82) is 0 Å². The maximum absolute atomic E-state index is 14.9. The number of fused-ring (bicyclic) bond motifs is 1. The minimum atomic E-state index is -0.377. The molecule has 2 N–H and O–H groups in total. The van der Waals surface area contributed by atoms with Crippen LogP contribution in [0.4, 0.5) is 22.9 Å². The summed E-state index contributed by atoms with van der Waals surface area (Å²) in [4.78, 5) is 51.5. The average Bonchev–Trinajstić information content (AvgIpc) is 3.71. The van der Waals surface area contributed by atoms with Crippen molar-refractivity contribution in [3.63, 3.8) is 0 Å². The third-order valence-electron chi connectivity index (χ3n) is 12.6. The summed E-state index contributed by atoms with van der Waals surface area (Å²) < 4.78 is 3.84. The molecule has 2 aromatic heterocycles. The van der Waals surface area contributed by atoms with E-state index in [1.54, 1.807) is 4.90 Å². The Balaban J connectivity index is 0.00000330. The molecule has 63 heavy (non-hydrogen) atoms. The van der Waals surface area contributed by atoms with Gasteiger partial charge in [-0.05, 0) is 86.5 Å². The molecule has 0 saturated carbocycles. The molecule has 1 fully saturated rings. The number of likely N-dealkylation sites (N-methyl/N-ethyl adjacent to an activating group) is 1. The number of aromatic nitrogens is 2. The molecule has 2 aliphatic heterocycles. The van der Waals surface area contributed by atoms with Gasteiger partial charge in [-0.3, -0.25) is 14.5 Å². The van der Waals surface area contributed by atoms with Crippen LogP contribution in [0.25, 0.3) is 16.6 Å². The molecule has 1 saturated heterocycles. The maximum atomic E-state index is 14.9. The Hall–Kier alpha value is -7.72. The van der Waals surface area contributed by atoms with Gasteiger partial charge >= 0.3 is 0 Å². The van der Waals surface area contributed by atoms with Crippen LogP contribution in [-0.4, -0.2) is 76.4 Å². The zero-order valence-electron chi connectivity index (χ0n) is 37.1. The molecule has 0 aliphatic carbocycles. The molecule has 0 bridgehead atoms. The van der Waals surface area contributed by atoms with Crippen molar-refractivity contribution in [2.45, 2.75) is 39.8 Å². The van der Waals surface area contributed by atoms with E-state index in [0.29, 0.717) is 59.8 Å². The molecule has 3 amide bonds. The first-order valence-electron chi connectivity index (χ1n) is 20.9. The van der Waals surface area contributed by atoms with Gasteiger partial charge in [0.1, 0.15) is 5.82 Å². The molecule has 0 atom stereocenters. The van der Waals surface area contributed by atoms with Gasteiger partial charge in [-0.15, -0.1) is 12.1 Å². The topological polar surface area (TPSA) is 114 Å². The standard InChI is InChI=1S/C50H55N8O3.CH3.Lr/c1-33-13-10-11-15-38(33)31-52-49(60)44-28-39-32-57(48(59)26-36-14-12-18-41(25-36)56-23-21-53(4)22-24-56)20-19-37(39)27-43(44)46-29-42(34(2)54(46)5)50(61)58(40-16-8-7-9-17-40)45-30-47(51)55(6)35(45)3;;/h7-18,25,27-30H,1,19-24,26,31-32,51H2,2-6H3,(H,52,60);1H3;/q2*-1;/p-1. The number of anilines is 4. The van der Waals surface area contributed by atoms with Gasteiger partial charge < -0.3 is 47.1 Å². The second kappa shape index (κ2) is 18.5. The number of para-hydroxylation sites is 1. The van der Waals surface area contributed by atoms with Crippen molar-refractivity contribution < 1.29 is 14.4 Å². The molecule has 11 nitrogen and oxygen atoms in total. The van der Waals surface area contributed by atoms with E-state index in [4.69, 9.17) is 5.73 Å².